The lowest BCUT2D eigenvalue weighted by atomic mass is 10.1. The summed E-state index contributed by atoms with van der Waals surface area (Å²) in [4.78, 5) is 73.6. The Morgan fingerprint density at radius 2 is 1.77 bits per heavy atom. The second-order valence-corrected chi connectivity index (χ2v) is 13.9. The van der Waals surface area contributed by atoms with Gasteiger partial charge in [0.15, 0.2) is 16.8 Å². The Kier molecular flexibility index (Phi) is 15.8. The number of phosphoric acid groups is 3. The molecule has 1 saturated heterocycles. The quantitative estimate of drug-likeness (QED) is 0.0530. The van der Waals surface area contributed by atoms with Crippen molar-refractivity contribution in [2.75, 3.05) is 25.4 Å². The number of hydrogen-bond donors (Lipinski definition) is 9. The third-order valence-electron chi connectivity index (χ3n) is 5.50. The summed E-state index contributed by atoms with van der Waals surface area (Å²) in [5, 5.41) is 34.4. The Labute approximate surface area is 270 Å². The van der Waals surface area contributed by atoms with Crippen molar-refractivity contribution in [3.05, 3.63) is 11.0 Å². The number of imidazole rings is 1. The van der Waals surface area contributed by atoms with E-state index in [9.17, 15) is 48.2 Å². The number of aromatic amines is 1. The number of phosphoric ester groups is 1. The minimum absolute atomic E-state index is 0. The van der Waals surface area contributed by atoms with Crippen LogP contribution in [0.1, 0.15) is 27.5 Å². The molecule has 24 nitrogen and oxygen atoms in total. The molecule has 2 aromatic heterocycles. The number of aliphatic hydroxyl groups excluding tert-OH is 3. The van der Waals surface area contributed by atoms with E-state index < -0.39 is 72.7 Å². The molecule has 0 spiro atoms. The second-order valence-electron chi connectivity index (χ2n) is 9.18. The number of nitrogen functional groups attached to an aromatic ring is 1. The number of aromatic nitrogens is 4. The highest BCUT2D eigenvalue weighted by Gasteiger charge is 2.45. The van der Waals surface area contributed by atoms with Gasteiger partial charge in [0.2, 0.25) is 11.8 Å². The lowest BCUT2D eigenvalue weighted by Crippen LogP contribution is -2.48. The number of anilines is 1. The summed E-state index contributed by atoms with van der Waals surface area (Å²) in [7, 11) is -17.8. The van der Waals surface area contributed by atoms with Gasteiger partial charge in [-0.15, -0.1) is 0 Å². The number of nitrogens with one attached hydrogen (secondary N) is 3. The number of ether oxygens (including phenoxy) is 1. The Morgan fingerprint density at radius 1 is 1.17 bits per heavy atom. The molecule has 0 aromatic carbocycles. The van der Waals surface area contributed by atoms with Crippen LogP contribution in [0.3, 0.4) is 0 Å². The highest BCUT2D eigenvalue weighted by molar-refractivity contribution is 7.71. The first-order chi connectivity index (χ1) is 21.0. The number of nitrogens with two attached hydrogens (primary N) is 2. The van der Waals surface area contributed by atoms with Crippen LogP contribution in [0.5, 0.6) is 0 Å². The second kappa shape index (κ2) is 17.4. The van der Waals surface area contributed by atoms with Crippen molar-refractivity contribution in [1.82, 2.24) is 30.2 Å². The summed E-state index contributed by atoms with van der Waals surface area (Å²) in [6.45, 7) is 2.42. The van der Waals surface area contributed by atoms with E-state index in [-0.39, 0.29) is 35.1 Å². The van der Waals surface area contributed by atoms with Crippen LogP contribution in [-0.4, -0.2) is 102 Å². The minimum Gasteiger partial charge on any atom is -0.756 e. The number of carbonyl (C=O) groups is 2. The molecule has 2 aromatic rings. The number of hydrogen-bond acceptors (Lipinski definition) is 20. The Hall–Kier alpha value is -2.28. The first kappa shape index (κ1) is 42.7. The molecule has 0 radical (unpaired) electrons. The van der Waals surface area contributed by atoms with E-state index in [0.717, 1.165) is 0 Å². The molecule has 11 N–H and O–H groups in total. The largest absolute Gasteiger partial charge is 0.756 e. The maximum atomic E-state index is 11.6. The number of amides is 2. The molecule has 9 atom stereocenters. The van der Waals surface area contributed by atoms with E-state index >= 15 is 0 Å². The zero-order valence-electron chi connectivity index (χ0n) is 23.6. The normalized spacial score (nSPS) is 24.3. The van der Waals surface area contributed by atoms with Gasteiger partial charge in [0.1, 0.15) is 35.5 Å². The Bertz CT molecular complexity index is 1590. The van der Waals surface area contributed by atoms with E-state index in [0.29, 0.717) is 13.1 Å². The van der Waals surface area contributed by atoms with E-state index in [2.05, 4.69) is 38.7 Å². The van der Waals surface area contributed by atoms with Gasteiger partial charge in [0, 0.05) is 20.0 Å². The standard InChI is InChI=1S/C10H16N5O13P3S.C8H17N3O3.CH4/c11-10-13-7-4(8(32)14-10)12-2-15(7)9-6(17)5(16)3(26-9)1-25-30(21,22)28-31(23,24)27-29(18,19)20;1-5(12)7(9)8(14)11-4-3-10-6(2)13;/h2-3,5-6,9,16-17H,1H2,(H,21,22)(H,23,24)(H2,18,19,20)(H3,11,13,14,32);5,7,12H,3-4,9H2,1-2H3,(H,10,13)(H,11,14);1H4/p-3/t3-,5+,6?,9-;;/m1../s1. The van der Waals surface area contributed by atoms with Gasteiger partial charge < -0.3 is 71.2 Å². The molecule has 1 aliphatic heterocycles. The van der Waals surface area contributed by atoms with Gasteiger partial charge in [-0.25, -0.2) is 18.6 Å². The van der Waals surface area contributed by atoms with E-state index in [1.807, 2.05) is 0 Å². The van der Waals surface area contributed by atoms with Crippen LogP contribution in [-0.2, 0) is 41.2 Å². The molecule has 3 rings (SSSR count). The van der Waals surface area contributed by atoms with Crippen molar-refractivity contribution in [3.8, 4) is 0 Å². The van der Waals surface area contributed by atoms with Crippen LogP contribution in [0.2, 0.25) is 0 Å². The molecule has 47 heavy (non-hydrogen) atoms. The lowest BCUT2D eigenvalue weighted by molar-refractivity contribution is -0.250. The SMILES string of the molecule is C.CC(=O)NCCNC(=O)C(N)C(C)O.Nc1nc(=S)c2ncn([C@@H]3O[C@H](COP(=O)([O-])OP(=O)([O-])OP(=O)([O-])O)[C@H](O)C3O)c2[nH]1. The fourth-order valence-electron chi connectivity index (χ4n) is 3.46. The van der Waals surface area contributed by atoms with Crippen LogP contribution < -0.4 is 36.8 Å². The van der Waals surface area contributed by atoms with Gasteiger partial charge in [-0.3, -0.25) is 27.9 Å². The summed E-state index contributed by atoms with van der Waals surface area (Å²) in [6.07, 6.45) is -6.00. The van der Waals surface area contributed by atoms with Crippen LogP contribution in [0.4, 0.5) is 5.95 Å². The fraction of sp³-hybridized carbons (Fsp3) is 0.632. The van der Waals surface area contributed by atoms with Gasteiger partial charge in [-0.2, -0.15) is 0 Å². The van der Waals surface area contributed by atoms with Crippen molar-refractivity contribution in [1.29, 1.82) is 0 Å². The first-order valence-corrected chi connectivity index (χ1v) is 17.3. The number of fused-ring (bicyclic) bond motifs is 1. The maximum absolute atomic E-state index is 11.6. The van der Waals surface area contributed by atoms with E-state index in [1.165, 1.54) is 24.7 Å². The van der Waals surface area contributed by atoms with Crippen LogP contribution in [0, 0.1) is 4.64 Å². The number of nitrogens with zero attached hydrogens (tertiary/aromatic N) is 3. The molecule has 0 bridgehead atoms. The fourth-order valence-corrected chi connectivity index (χ4v) is 6.60. The molecule has 28 heteroatoms. The lowest BCUT2D eigenvalue weighted by Gasteiger charge is -2.33. The zero-order valence-corrected chi connectivity index (χ0v) is 27.1. The van der Waals surface area contributed by atoms with Crippen molar-refractivity contribution in [2.24, 2.45) is 5.73 Å². The molecule has 3 heterocycles. The average Bonchev–Trinajstić information content (AvgIpc) is 3.43. The summed E-state index contributed by atoms with van der Waals surface area (Å²) in [6, 6.07) is -0.924. The van der Waals surface area contributed by atoms with E-state index in [4.69, 9.17) is 38.4 Å². The highest BCUT2D eigenvalue weighted by atomic mass is 32.1. The predicted octanol–water partition coefficient (Wildman–Crippen LogP) is -4.28. The topological polar surface area (TPSA) is 395 Å². The molecule has 2 amide bonds. The van der Waals surface area contributed by atoms with Crippen LogP contribution in [0.25, 0.3) is 11.2 Å². The summed E-state index contributed by atoms with van der Waals surface area (Å²) < 4.78 is 50.7. The Balaban J connectivity index is 0.000000625. The maximum Gasteiger partial charge on any atom is 0.280 e. The molecular weight excluding hydrogens is 721 g/mol. The number of H-pyrrole nitrogens is 1. The zero-order chi connectivity index (χ0) is 35.2. The summed E-state index contributed by atoms with van der Waals surface area (Å²) in [5.74, 6) is -0.666. The van der Waals surface area contributed by atoms with Crippen molar-refractivity contribution >= 4 is 64.6 Å². The van der Waals surface area contributed by atoms with Gasteiger partial charge >= 0.3 is 0 Å². The third kappa shape index (κ3) is 13.3. The molecule has 1 aliphatic rings. The van der Waals surface area contributed by atoms with Crippen molar-refractivity contribution in [3.63, 3.8) is 0 Å². The predicted molar refractivity (Wildman–Crippen MR) is 154 cm³/mol. The molecule has 0 aliphatic carbocycles. The molecular formula is C19H34N8O16P3S-3. The third-order valence-corrected chi connectivity index (χ3v) is 9.47. The van der Waals surface area contributed by atoms with Gasteiger partial charge in [-0.05, 0) is 6.92 Å². The first-order valence-electron chi connectivity index (χ1n) is 12.5. The molecule has 270 valence electrons. The van der Waals surface area contributed by atoms with Crippen molar-refractivity contribution < 1.29 is 76.1 Å². The van der Waals surface area contributed by atoms with Crippen LogP contribution in [0.15, 0.2) is 6.33 Å². The Morgan fingerprint density at radius 3 is 2.32 bits per heavy atom. The highest BCUT2D eigenvalue weighted by Crippen LogP contribution is 2.61. The monoisotopic (exact) mass is 755 g/mol. The number of rotatable bonds is 13. The molecule has 1 fully saturated rings. The average molecular weight is 756 g/mol. The van der Waals surface area contributed by atoms with Gasteiger partial charge in [0.25, 0.3) is 23.5 Å². The molecule has 0 saturated carbocycles. The molecule has 6 unspecified atom stereocenters. The van der Waals surface area contributed by atoms with Crippen LogP contribution >= 0.6 is 35.7 Å². The van der Waals surface area contributed by atoms with Gasteiger partial charge in [-0.1, -0.05) is 19.6 Å². The van der Waals surface area contributed by atoms with Gasteiger partial charge in [0.05, 0.1) is 19.0 Å². The van der Waals surface area contributed by atoms with E-state index in [1.54, 1.807) is 0 Å². The summed E-state index contributed by atoms with van der Waals surface area (Å²) >= 11 is 5.01. The minimum atomic E-state index is -6.09. The number of carbonyl (C=O) groups excluding carboxylic acids is 2. The van der Waals surface area contributed by atoms with Crippen molar-refractivity contribution in [2.45, 2.75) is 58.0 Å². The number of aliphatic hydroxyl groups is 3. The smallest absolute Gasteiger partial charge is 0.280 e. The summed E-state index contributed by atoms with van der Waals surface area (Å²) in [5.41, 5.74) is 11.3.